The summed E-state index contributed by atoms with van der Waals surface area (Å²) in [5.41, 5.74) is 11.3. The van der Waals surface area contributed by atoms with Crippen molar-refractivity contribution in [3.63, 3.8) is 0 Å². The molecule has 0 spiro atoms. The molecule has 39 heavy (non-hydrogen) atoms. The lowest BCUT2D eigenvalue weighted by Crippen LogP contribution is -2.26. The second kappa shape index (κ2) is 12.1. The van der Waals surface area contributed by atoms with Crippen LogP contribution in [0.15, 0.2) is 109 Å². The van der Waals surface area contributed by atoms with Gasteiger partial charge in [0.25, 0.3) is 0 Å². The van der Waals surface area contributed by atoms with Crippen LogP contribution in [0.2, 0.25) is 0 Å². The van der Waals surface area contributed by atoms with E-state index >= 15 is 0 Å². The van der Waals surface area contributed by atoms with Gasteiger partial charge in [-0.05, 0) is 71.3 Å². The molecule has 198 valence electrons. The summed E-state index contributed by atoms with van der Waals surface area (Å²) in [4.78, 5) is 4.54. The van der Waals surface area contributed by atoms with Gasteiger partial charge in [0.15, 0.2) is 9.84 Å². The summed E-state index contributed by atoms with van der Waals surface area (Å²) in [5, 5.41) is 7.70. The van der Waals surface area contributed by atoms with Crippen LogP contribution in [0, 0.1) is 0 Å². The minimum absolute atomic E-state index is 0.0364. The predicted octanol–water partition coefficient (Wildman–Crippen LogP) is 5.86. The zero-order valence-corrected chi connectivity index (χ0v) is 22.2. The molecule has 0 radical (unpaired) electrons. The largest absolute Gasteiger partial charge is 0.457 e. The number of nitrogens with zero attached hydrogens (tertiary/aromatic N) is 1. The number of benzene rings is 4. The van der Waals surface area contributed by atoms with Gasteiger partial charge in [-0.15, -0.1) is 0 Å². The van der Waals surface area contributed by atoms with E-state index in [4.69, 9.17) is 10.5 Å². The Hall–Kier alpha value is -4.24. The summed E-state index contributed by atoms with van der Waals surface area (Å²) in [6.07, 6.45) is 1.80. The lowest BCUT2D eigenvalue weighted by atomic mass is 10.0. The number of hydrogen-bond acceptors (Lipinski definition) is 7. The first kappa shape index (κ1) is 26.4. The number of rotatable bonds is 11. The highest BCUT2D eigenvalue weighted by atomic mass is 32.2. The number of para-hydroxylation sites is 1. The van der Waals surface area contributed by atoms with Gasteiger partial charge in [0.2, 0.25) is 0 Å². The maximum absolute atomic E-state index is 11.5. The number of anilines is 2. The van der Waals surface area contributed by atoms with Crippen LogP contribution in [0.5, 0.6) is 11.5 Å². The molecular formula is C31H30N4O3S. The molecule has 4 aromatic carbocycles. The van der Waals surface area contributed by atoms with Crippen molar-refractivity contribution >= 4 is 32.1 Å². The first-order valence-corrected chi connectivity index (χ1v) is 14.5. The van der Waals surface area contributed by atoms with Crippen LogP contribution < -0.4 is 21.1 Å². The zero-order chi connectivity index (χ0) is 27.1. The Kier molecular flexibility index (Phi) is 8.17. The van der Waals surface area contributed by atoms with Crippen molar-refractivity contribution in [2.75, 3.05) is 23.5 Å². The van der Waals surface area contributed by atoms with Gasteiger partial charge in [0.05, 0.1) is 17.1 Å². The standard InChI is InChI=1S/C31H30N4O3S/c32-22-39(36,37)19-18-33-21-23-6-8-24(9-7-23)25-10-15-30-29(20-25)31(16-17-34-30)35-26-11-13-28(14-12-26)38-27-4-2-1-3-5-27/h1-17,20,33H,18-19,21-22,32H2,(H,34,35). The maximum Gasteiger partial charge on any atom is 0.164 e. The summed E-state index contributed by atoms with van der Waals surface area (Å²) in [6.45, 7) is 0.961. The molecule has 1 heterocycles. The molecule has 4 N–H and O–H groups in total. The quantitative estimate of drug-likeness (QED) is 0.181. The van der Waals surface area contributed by atoms with Gasteiger partial charge in [0.1, 0.15) is 11.5 Å². The number of aromatic nitrogens is 1. The average molecular weight is 539 g/mol. The number of nitrogens with two attached hydrogens (primary N) is 1. The fourth-order valence-electron chi connectivity index (χ4n) is 4.18. The summed E-state index contributed by atoms with van der Waals surface area (Å²) < 4.78 is 29.0. The summed E-state index contributed by atoms with van der Waals surface area (Å²) >= 11 is 0. The van der Waals surface area contributed by atoms with E-state index in [2.05, 4.69) is 39.9 Å². The molecule has 0 saturated heterocycles. The molecule has 5 aromatic rings. The van der Waals surface area contributed by atoms with Crippen LogP contribution in [0.3, 0.4) is 0 Å². The molecule has 0 aliphatic rings. The van der Waals surface area contributed by atoms with E-state index in [1.807, 2.05) is 78.9 Å². The molecule has 0 saturated carbocycles. The van der Waals surface area contributed by atoms with Gasteiger partial charge < -0.3 is 21.1 Å². The number of sulfone groups is 1. The average Bonchev–Trinajstić information content (AvgIpc) is 2.97. The Morgan fingerprint density at radius 3 is 2.26 bits per heavy atom. The SMILES string of the molecule is NCS(=O)(=O)CCNCc1ccc(-c2ccc3nccc(Nc4ccc(Oc5ccccc5)cc4)c3c2)cc1. The Balaban J connectivity index is 1.27. The molecule has 0 aliphatic heterocycles. The fourth-order valence-corrected chi connectivity index (χ4v) is 4.80. The van der Waals surface area contributed by atoms with E-state index < -0.39 is 9.84 Å². The Labute approximate surface area is 228 Å². The lowest BCUT2D eigenvalue weighted by molar-refractivity contribution is 0.483. The Bertz CT molecular complexity index is 1640. The van der Waals surface area contributed by atoms with Crippen LogP contribution in [0.25, 0.3) is 22.0 Å². The molecule has 0 unspecified atom stereocenters. The number of ether oxygens (including phenoxy) is 1. The first-order chi connectivity index (χ1) is 19.0. The molecule has 1 aromatic heterocycles. The third-order valence-electron chi connectivity index (χ3n) is 6.31. The highest BCUT2D eigenvalue weighted by molar-refractivity contribution is 7.91. The molecule has 8 heteroatoms. The topological polar surface area (TPSA) is 106 Å². The van der Waals surface area contributed by atoms with Gasteiger partial charge >= 0.3 is 0 Å². The van der Waals surface area contributed by atoms with Crippen molar-refractivity contribution in [2.45, 2.75) is 6.54 Å². The van der Waals surface area contributed by atoms with Crippen molar-refractivity contribution in [2.24, 2.45) is 5.73 Å². The van der Waals surface area contributed by atoms with Crippen LogP contribution in [0.1, 0.15) is 5.56 Å². The third-order valence-corrected chi connectivity index (χ3v) is 7.65. The molecular weight excluding hydrogens is 508 g/mol. The van der Waals surface area contributed by atoms with Crippen LogP contribution in [-0.4, -0.2) is 31.6 Å². The van der Waals surface area contributed by atoms with E-state index in [1.165, 1.54) is 0 Å². The van der Waals surface area contributed by atoms with E-state index in [-0.39, 0.29) is 11.6 Å². The van der Waals surface area contributed by atoms with Gasteiger partial charge in [-0.25, -0.2) is 8.42 Å². The number of fused-ring (bicyclic) bond motifs is 1. The monoisotopic (exact) mass is 538 g/mol. The summed E-state index contributed by atoms with van der Waals surface area (Å²) in [6, 6.07) is 34.0. The minimum atomic E-state index is -3.17. The van der Waals surface area contributed by atoms with Crippen LogP contribution in [0.4, 0.5) is 11.4 Å². The van der Waals surface area contributed by atoms with Gasteiger partial charge in [-0.1, -0.05) is 48.5 Å². The minimum Gasteiger partial charge on any atom is -0.457 e. The predicted molar refractivity (Wildman–Crippen MR) is 158 cm³/mol. The molecule has 0 aliphatic carbocycles. The Morgan fingerprint density at radius 1 is 0.795 bits per heavy atom. The van der Waals surface area contributed by atoms with E-state index in [9.17, 15) is 8.42 Å². The van der Waals surface area contributed by atoms with Gasteiger partial charge in [0, 0.05) is 36.0 Å². The summed E-state index contributed by atoms with van der Waals surface area (Å²) in [5.74, 6) is 1.29. The maximum atomic E-state index is 11.5. The molecule has 0 amide bonds. The van der Waals surface area contributed by atoms with Crippen molar-refractivity contribution in [1.82, 2.24) is 10.3 Å². The van der Waals surface area contributed by atoms with E-state index in [0.29, 0.717) is 13.1 Å². The van der Waals surface area contributed by atoms with Crippen molar-refractivity contribution < 1.29 is 13.2 Å². The molecule has 7 nitrogen and oxygen atoms in total. The molecule has 0 fully saturated rings. The van der Waals surface area contributed by atoms with E-state index in [0.717, 1.165) is 50.5 Å². The Morgan fingerprint density at radius 2 is 1.51 bits per heavy atom. The van der Waals surface area contributed by atoms with Crippen molar-refractivity contribution in [3.8, 4) is 22.6 Å². The fraction of sp³-hybridized carbons (Fsp3) is 0.129. The van der Waals surface area contributed by atoms with Gasteiger partial charge in [-0.2, -0.15) is 0 Å². The second-order valence-corrected chi connectivity index (χ2v) is 11.4. The molecule has 0 atom stereocenters. The zero-order valence-electron chi connectivity index (χ0n) is 21.4. The summed E-state index contributed by atoms with van der Waals surface area (Å²) in [7, 11) is -3.17. The first-order valence-electron chi connectivity index (χ1n) is 12.7. The molecule has 5 rings (SSSR count). The second-order valence-electron chi connectivity index (χ2n) is 9.14. The lowest BCUT2D eigenvalue weighted by Gasteiger charge is -2.12. The van der Waals surface area contributed by atoms with Crippen LogP contribution in [-0.2, 0) is 16.4 Å². The number of hydrogen-bond donors (Lipinski definition) is 3. The van der Waals surface area contributed by atoms with Crippen LogP contribution >= 0.6 is 0 Å². The number of pyridine rings is 1. The van der Waals surface area contributed by atoms with Gasteiger partial charge in [-0.3, -0.25) is 4.98 Å². The highest BCUT2D eigenvalue weighted by Crippen LogP contribution is 2.31. The van der Waals surface area contributed by atoms with E-state index in [1.54, 1.807) is 6.20 Å². The third kappa shape index (κ3) is 7.00. The molecule has 0 bridgehead atoms. The highest BCUT2D eigenvalue weighted by Gasteiger charge is 2.08. The smallest absolute Gasteiger partial charge is 0.164 e. The normalized spacial score (nSPS) is 11.4. The van der Waals surface area contributed by atoms with Crippen molar-refractivity contribution in [3.05, 3.63) is 115 Å². The number of nitrogens with one attached hydrogen (secondary N) is 2. The van der Waals surface area contributed by atoms with Crippen molar-refractivity contribution in [1.29, 1.82) is 0 Å².